The summed E-state index contributed by atoms with van der Waals surface area (Å²) in [5.41, 5.74) is 4.39. The summed E-state index contributed by atoms with van der Waals surface area (Å²) in [4.78, 5) is 38.3. The first-order valence-electron chi connectivity index (χ1n) is 14.1. The molecule has 2 amide bonds. The molecule has 4 rings (SSSR count). The first-order valence-corrected chi connectivity index (χ1v) is 14.1. The van der Waals surface area contributed by atoms with Crippen LogP contribution < -0.4 is 10.6 Å². The van der Waals surface area contributed by atoms with Gasteiger partial charge in [0.25, 0.3) is 0 Å². The highest BCUT2D eigenvalue weighted by Crippen LogP contribution is 2.44. The van der Waals surface area contributed by atoms with Crippen LogP contribution >= 0.6 is 0 Å². The van der Waals surface area contributed by atoms with Crippen molar-refractivity contribution in [3.63, 3.8) is 0 Å². The maximum atomic E-state index is 13.5. The molecule has 1 aliphatic rings. The summed E-state index contributed by atoms with van der Waals surface area (Å²) in [7, 11) is 0. The zero-order valence-electron chi connectivity index (χ0n) is 23.8. The van der Waals surface area contributed by atoms with E-state index in [0.717, 1.165) is 27.8 Å². The van der Waals surface area contributed by atoms with Gasteiger partial charge in [0.2, 0.25) is 5.91 Å². The summed E-state index contributed by atoms with van der Waals surface area (Å²) in [6.45, 7) is 5.69. The third-order valence-electron chi connectivity index (χ3n) is 8.13. The van der Waals surface area contributed by atoms with Crippen LogP contribution in [-0.2, 0) is 25.7 Å². The van der Waals surface area contributed by atoms with Crippen molar-refractivity contribution in [3.05, 3.63) is 95.6 Å². The van der Waals surface area contributed by atoms with Gasteiger partial charge in [-0.1, -0.05) is 92.7 Å². The molecule has 8 heteroatoms. The minimum absolute atomic E-state index is 0.00804. The van der Waals surface area contributed by atoms with Crippen molar-refractivity contribution < 1.29 is 29.0 Å². The fraction of sp³-hybridized carbons (Fsp3) is 0.364. The molecule has 1 aliphatic carbocycles. The molecule has 0 saturated heterocycles. The highest BCUT2D eigenvalue weighted by molar-refractivity contribution is 5.88. The number of nitrogens with one attached hydrogen (secondary N) is 2. The second-order valence-electron chi connectivity index (χ2n) is 10.5. The molecule has 0 aliphatic heterocycles. The maximum Gasteiger partial charge on any atom is 0.407 e. The smallest absolute Gasteiger partial charge is 0.407 e. The lowest BCUT2D eigenvalue weighted by molar-refractivity contribution is -0.148. The average Bonchev–Trinajstić information content (AvgIpc) is 3.32. The van der Waals surface area contributed by atoms with E-state index in [1.165, 1.54) is 0 Å². The number of hydrogen-bond acceptors (Lipinski definition) is 5. The number of carbonyl (C=O) groups excluding carboxylic acids is 2. The highest BCUT2D eigenvalue weighted by Gasteiger charge is 2.39. The number of hydrogen-bond donors (Lipinski definition) is 3. The summed E-state index contributed by atoms with van der Waals surface area (Å²) in [6, 6.07) is 24.3. The number of carboxylic acids is 1. The van der Waals surface area contributed by atoms with Gasteiger partial charge in [0, 0.05) is 12.5 Å². The van der Waals surface area contributed by atoms with Gasteiger partial charge in [-0.3, -0.25) is 4.79 Å². The number of benzene rings is 3. The van der Waals surface area contributed by atoms with Crippen LogP contribution in [0, 0.1) is 5.41 Å². The van der Waals surface area contributed by atoms with Crippen molar-refractivity contribution in [3.8, 4) is 11.1 Å². The molecule has 8 nitrogen and oxygen atoms in total. The molecule has 0 unspecified atom stereocenters. The average molecular weight is 559 g/mol. The van der Waals surface area contributed by atoms with Gasteiger partial charge in [-0.2, -0.15) is 0 Å². The summed E-state index contributed by atoms with van der Waals surface area (Å²) in [5.74, 6) is -1.72. The number of alkyl carbamates (subject to hydrolysis) is 1. The summed E-state index contributed by atoms with van der Waals surface area (Å²) < 4.78 is 11.4. The highest BCUT2D eigenvalue weighted by atomic mass is 16.5. The van der Waals surface area contributed by atoms with E-state index in [4.69, 9.17) is 9.47 Å². The predicted octanol–water partition coefficient (Wildman–Crippen LogP) is 5.51. The van der Waals surface area contributed by atoms with Crippen molar-refractivity contribution in [2.75, 3.05) is 13.2 Å². The third-order valence-corrected chi connectivity index (χ3v) is 8.13. The molecule has 216 valence electrons. The zero-order valence-corrected chi connectivity index (χ0v) is 23.8. The summed E-state index contributed by atoms with van der Waals surface area (Å²) in [6.07, 6.45) is -0.617. The number of carboxylic acid groups (broad SMARTS) is 1. The molecule has 0 bridgehead atoms. The predicted molar refractivity (Wildman–Crippen MR) is 156 cm³/mol. The fourth-order valence-electron chi connectivity index (χ4n) is 5.36. The van der Waals surface area contributed by atoms with Gasteiger partial charge >= 0.3 is 12.1 Å². The second-order valence-corrected chi connectivity index (χ2v) is 10.5. The van der Waals surface area contributed by atoms with Crippen molar-refractivity contribution in [2.24, 2.45) is 5.41 Å². The van der Waals surface area contributed by atoms with E-state index in [-0.39, 0.29) is 25.7 Å². The minimum Gasteiger partial charge on any atom is -0.480 e. The lowest BCUT2D eigenvalue weighted by Gasteiger charge is -2.33. The Kier molecular flexibility index (Phi) is 9.78. The van der Waals surface area contributed by atoms with Gasteiger partial charge in [-0.05, 0) is 47.6 Å². The van der Waals surface area contributed by atoms with Crippen LogP contribution in [0.25, 0.3) is 11.1 Å². The van der Waals surface area contributed by atoms with E-state index >= 15 is 0 Å². The van der Waals surface area contributed by atoms with Gasteiger partial charge in [-0.25, -0.2) is 9.59 Å². The maximum absolute atomic E-state index is 13.5. The van der Waals surface area contributed by atoms with Crippen molar-refractivity contribution >= 4 is 18.0 Å². The molecule has 3 aromatic rings. The lowest BCUT2D eigenvalue weighted by atomic mass is 9.81. The van der Waals surface area contributed by atoms with E-state index in [0.29, 0.717) is 12.8 Å². The molecule has 2 atom stereocenters. The molecular weight excluding hydrogens is 520 g/mol. The Hall–Kier alpha value is -4.17. The fourth-order valence-corrected chi connectivity index (χ4v) is 5.36. The first-order chi connectivity index (χ1) is 19.8. The largest absolute Gasteiger partial charge is 0.480 e. The molecule has 41 heavy (non-hydrogen) atoms. The minimum atomic E-state index is -1.25. The van der Waals surface area contributed by atoms with E-state index in [1.54, 1.807) is 6.92 Å². The number of ether oxygens (including phenoxy) is 2. The topological polar surface area (TPSA) is 114 Å². The Labute approximate surface area is 241 Å². The Bertz CT molecular complexity index is 1310. The van der Waals surface area contributed by atoms with E-state index in [1.807, 2.05) is 80.6 Å². The number of carbonyl (C=O) groups is 3. The zero-order chi connectivity index (χ0) is 29.4. The number of aliphatic carboxylic acids is 1. The van der Waals surface area contributed by atoms with Crippen LogP contribution in [0.15, 0.2) is 78.9 Å². The van der Waals surface area contributed by atoms with E-state index < -0.39 is 35.5 Å². The molecule has 3 aromatic carbocycles. The van der Waals surface area contributed by atoms with Crippen LogP contribution in [0.4, 0.5) is 4.79 Å². The molecule has 0 saturated carbocycles. The van der Waals surface area contributed by atoms with Crippen molar-refractivity contribution in [1.29, 1.82) is 0 Å². The van der Waals surface area contributed by atoms with Crippen molar-refractivity contribution in [2.45, 2.75) is 58.3 Å². The van der Waals surface area contributed by atoms with Gasteiger partial charge in [0.15, 0.2) is 6.04 Å². The molecule has 0 spiro atoms. The molecule has 0 fully saturated rings. The molecule has 0 heterocycles. The number of amides is 2. The Morgan fingerprint density at radius 2 is 1.44 bits per heavy atom. The van der Waals surface area contributed by atoms with Crippen LogP contribution in [-0.4, -0.2) is 48.4 Å². The van der Waals surface area contributed by atoms with Crippen molar-refractivity contribution in [1.82, 2.24) is 10.6 Å². The second kappa shape index (κ2) is 13.5. The number of rotatable bonds is 13. The SMILES string of the molecule is CCC(CC)(CNC(=O)OCC1c2ccccc2-c2ccccc21)C(=O)N[C@@H](C(=O)O)[C@H](C)OCc1ccccc1. The Balaban J connectivity index is 1.35. The van der Waals surface area contributed by atoms with Crippen LogP contribution in [0.1, 0.15) is 56.2 Å². The summed E-state index contributed by atoms with van der Waals surface area (Å²) >= 11 is 0. The standard InChI is InChI=1S/C33H38N2O6/c1-4-33(5-2,31(38)35-29(30(36)37)22(3)40-19-23-13-7-6-8-14-23)21-34-32(39)41-20-28-26-17-11-9-15-24(26)25-16-10-12-18-27(25)28/h6-18,22,28-29H,4-5,19-21H2,1-3H3,(H,34,39)(H,35,38)(H,36,37)/t22-,29+/m0/s1. The van der Waals surface area contributed by atoms with E-state index in [2.05, 4.69) is 22.8 Å². The summed E-state index contributed by atoms with van der Waals surface area (Å²) in [5, 5.41) is 15.3. The van der Waals surface area contributed by atoms with Crippen LogP contribution in [0.3, 0.4) is 0 Å². The molecule has 3 N–H and O–H groups in total. The monoisotopic (exact) mass is 558 g/mol. The normalized spacial score (nSPS) is 13.9. The third kappa shape index (κ3) is 6.77. The van der Waals surface area contributed by atoms with Gasteiger partial charge in [0.05, 0.1) is 18.1 Å². The quantitative estimate of drug-likeness (QED) is 0.255. The van der Waals surface area contributed by atoms with Crippen LogP contribution in [0.5, 0.6) is 0 Å². The lowest BCUT2D eigenvalue weighted by Crippen LogP contribution is -2.55. The van der Waals surface area contributed by atoms with E-state index in [9.17, 15) is 19.5 Å². The molecule has 0 aromatic heterocycles. The molecule has 0 radical (unpaired) electrons. The first kappa shape index (κ1) is 29.8. The Morgan fingerprint density at radius 3 is 2.00 bits per heavy atom. The van der Waals surface area contributed by atoms with Gasteiger partial charge < -0.3 is 25.2 Å². The Morgan fingerprint density at radius 1 is 0.878 bits per heavy atom. The van der Waals surface area contributed by atoms with Crippen LogP contribution in [0.2, 0.25) is 0 Å². The van der Waals surface area contributed by atoms with Gasteiger partial charge in [0.1, 0.15) is 6.61 Å². The molecular formula is C33H38N2O6. The van der Waals surface area contributed by atoms with Gasteiger partial charge in [-0.15, -0.1) is 0 Å². The number of fused-ring (bicyclic) bond motifs is 3.